The lowest BCUT2D eigenvalue weighted by molar-refractivity contribution is 0.389. The fourth-order valence-corrected chi connectivity index (χ4v) is 3.80. The summed E-state index contributed by atoms with van der Waals surface area (Å²) in [5.41, 5.74) is 2.30. The summed E-state index contributed by atoms with van der Waals surface area (Å²) in [4.78, 5) is 0. The van der Waals surface area contributed by atoms with Gasteiger partial charge in [-0.15, -0.1) is 0 Å². The van der Waals surface area contributed by atoms with Crippen molar-refractivity contribution in [3.8, 4) is 5.75 Å². The van der Waals surface area contributed by atoms with Gasteiger partial charge in [0, 0.05) is 5.92 Å². The Hall–Kier alpha value is -1.64. The van der Waals surface area contributed by atoms with Crippen LogP contribution in [-0.2, 0) is 0 Å². The number of hydrogen-bond donors (Lipinski definition) is 1. The standard InChI is InChI=1S/C17H18F2O/c1-9(2)13-8-10-4-3-5-11(10)15(13)12-6-7-14(20)17(19)16(12)18/h6-8,10-11,15,20H,1,3-5H2,2H3. The minimum atomic E-state index is -1.15. The van der Waals surface area contributed by atoms with Gasteiger partial charge < -0.3 is 5.11 Å². The van der Waals surface area contributed by atoms with Crippen LogP contribution in [0.25, 0.3) is 0 Å². The molecular weight excluding hydrogens is 258 g/mol. The van der Waals surface area contributed by atoms with E-state index in [2.05, 4.69) is 12.7 Å². The van der Waals surface area contributed by atoms with Crippen LogP contribution in [0, 0.1) is 23.5 Å². The van der Waals surface area contributed by atoms with Crippen LogP contribution < -0.4 is 0 Å². The van der Waals surface area contributed by atoms with Crippen LogP contribution >= 0.6 is 0 Å². The molecule has 1 N–H and O–H groups in total. The molecule has 0 spiro atoms. The molecule has 1 nitrogen and oxygen atoms in total. The van der Waals surface area contributed by atoms with Gasteiger partial charge in [-0.1, -0.05) is 30.7 Å². The molecule has 0 bridgehead atoms. The zero-order valence-electron chi connectivity index (χ0n) is 11.5. The Balaban J connectivity index is 2.10. The Kier molecular flexibility index (Phi) is 3.15. The first-order chi connectivity index (χ1) is 9.50. The largest absolute Gasteiger partial charge is 0.505 e. The topological polar surface area (TPSA) is 20.2 Å². The van der Waals surface area contributed by atoms with Crippen molar-refractivity contribution in [3.05, 3.63) is 53.1 Å². The first-order valence-electron chi connectivity index (χ1n) is 7.05. The third kappa shape index (κ3) is 1.88. The summed E-state index contributed by atoms with van der Waals surface area (Å²) in [5, 5.41) is 9.28. The van der Waals surface area contributed by atoms with Crippen molar-refractivity contribution in [3.63, 3.8) is 0 Å². The molecule has 1 aromatic carbocycles. The van der Waals surface area contributed by atoms with Crippen LogP contribution in [0.5, 0.6) is 5.75 Å². The van der Waals surface area contributed by atoms with Crippen molar-refractivity contribution in [1.29, 1.82) is 0 Å². The first kappa shape index (κ1) is 13.3. The number of rotatable bonds is 2. The third-order valence-corrected chi connectivity index (χ3v) is 4.70. The average Bonchev–Trinajstić information content (AvgIpc) is 2.97. The molecule has 0 radical (unpaired) electrons. The summed E-state index contributed by atoms with van der Waals surface area (Å²) in [6.45, 7) is 5.89. The lowest BCUT2D eigenvalue weighted by Gasteiger charge is -2.24. The van der Waals surface area contributed by atoms with E-state index in [1.165, 1.54) is 12.1 Å². The third-order valence-electron chi connectivity index (χ3n) is 4.70. The minimum absolute atomic E-state index is 0.130. The molecule has 0 heterocycles. The van der Waals surface area contributed by atoms with Gasteiger partial charge in [0.2, 0.25) is 5.82 Å². The monoisotopic (exact) mass is 276 g/mol. The summed E-state index contributed by atoms with van der Waals surface area (Å²) in [6.07, 6.45) is 5.47. The van der Waals surface area contributed by atoms with Crippen molar-refractivity contribution in [2.24, 2.45) is 11.8 Å². The maximum atomic E-state index is 14.2. The molecule has 1 aromatic rings. The lowest BCUT2D eigenvalue weighted by Crippen LogP contribution is -2.14. The Morgan fingerprint density at radius 3 is 2.70 bits per heavy atom. The molecular formula is C17H18F2O. The summed E-state index contributed by atoms with van der Waals surface area (Å²) < 4.78 is 27.9. The fourth-order valence-electron chi connectivity index (χ4n) is 3.80. The van der Waals surface area contributed by atoms with Crippen LogP contribution in [0.15, 0.2) is 35.9 Å². The molecule has 2 aliphatic carbocycles. The number of phenolic OH excluding ortho intramolecular Hbond substituents is 1. The molecule has 20 heavy (non-hydrogen) atoms. The van der Waals surface area contributed by atoms with E-state index in [1.807, 2.05) is 6.92 Å². The van der Waals surface area contributed by atoms with E-state index in [4.69, 9.17) is 0 Å². The highest BCUT2D eigenvalue weighted by atomic mass is 19.2. The SMILES string of the molecule is C=C(C)C1=CC2CCCC2C1c1ccc(O)c(F)c1F. The number of benzene rings is 1. The number of aromatic hydroxyl groups is 1. The Morgan fingerprint density at radius 2 is 2.00 bits per heavy atom. The molecule has 2 aliphatic rings. The van der Waals surface area contributed by atoms with Crippen LogP contribution in [0.1, 0.15) is 37.7 Å². The van der Waals surface area contributed by atoms with Gasteiger partial charge in [-0.2, -0.15) is 4.39 Å². The van der Waals surface area contributed by atoms with E-state index < -0.39 is 17.4 Å². The maximum Gasteiger partial charge on any atom is 0.200 e. The highest BCUT2D eigenvalue weighted by Gasteiger charge is 2.42. The van der Waals surface area contributed by atoms with Gasteiger partial charge in [-0.25, -0.2) is 4.39 Å². The highest BCUT2D eigenvalue weighted by molar-refractivity contribution is 5.46. The summed E-state index contributed by atoms with van der Waals surface area (Å²) in [5.74, 6) is -2.05. The summed E-state index contributed by atoms with van der Waals surface area (Å²) in [7, 11) is 0. The molecule has 1 saturated carbocycles. The van der Waals surface area contributed by atoms with E-state index >= 15 is 0 Å². The second-order valence-electron chi connectivity index (χ2n) is 5.94. The summed E-state index contributed by atoms with van der Waals surface area (Å²) in [6, 6.07) is 2.75. The van der Waals surface area contributed by atoms with Gasteiger partial charge in [-0.3, -0.25) is 0 Å². The molecule has 0 aromatic heterocycles. The zero-order valence-corrected chi connectivity index (χ0v) is 11.5. The molecule has 3 unspecified atom stereocenters. The van der Waals surface area contributed by atoms with Crippen LogP contribution in [0.2, 0.25) is 0 Å². The summed E-state index contributed by atoms with van der Waals surface area (Å²) >= 11 is 0. The fraction of sp³-hybridized carbons (Fsp3) is 0.412. The Labute approximate surface area is 117 Å². The lowest BCUT2D eigenvalue weighted by atomic mass is 9.80. The molecule has 3 rings (SSSR count). The normalized spacial score (nSPS) is 28.4. The average molecular weight is 276 g/mol. The van der Waals surface area contributed by atoms with Gasteiger partial charge in [-0.05, 0) is 48.8 Å². The van der Waals surface area contributed by atoms with Gasteiger partial charge >= 0.3 is 0 Å². The van der Waals surface area contributed by atoms with Crippen molar-refractivity contribution in [1.82, 2.24) is 0 Å². The van der Waals surface area contributed by atoms with Crippen LogP contribution in [-0.4, -0.2) is 5.11 Å². The number of hydrogen-bond acceptors (Lipinski definition) is 1. The predicted molar refractivity (Wildman–Crippen MR) is 74.5 cm³/mol. The molecule has 3 heteroatoms. The molecule has 3 atom stereocenters. The van der Waals surface area contributed by atoms with Crippen molar-refractivity contribution in [2.75, 3.05) is 0 Å². The smallest absolute Gasteiger partial charge is 0.200 e. The van der Waals surface area contributed by atoms with Crippen LogP contribution in [0.3, 0.4) is 0 Å². The van der Waals surface area contributed by atoms with Crippen molar-refractivity contribution in [2.45, 2.75) is 32.1 Å². The van der Waals surface area contributed by atoms with Gasteiger partial charge in [0.15, 0.2) is 11.6 Å². The molecule has 0 amide bonds. The van der Waals surface area contributed by atoms with Gasteiger partial charge in [0.05, 0.1) is 0 Å². The molecule has 0 saturated heterocycles. The van der Waals surface area contributed by atoms with Crippen LogP contribution in [0.4, 0.5) is 8.78 Å². The maximum absolute atomic E-state index is 14.2. The Bertz CT molecular complexity index is 603. The van der Waals surface area contributed by atoms with Crippen molar-refractivity contribution >= 4 is 0 Å². The molecule has 106 valence electrons. The van der Waals surface area contributed by atoms with E-state index in [1.54, 1.807) is 0 Å². The second-order valence-corrected chi connectivity index (χ2v) is 5.94. The van der Waals surface area contributed by atoms with Gasteiger partial charge in [0.25, 0.3) is 0 Å². The molecule has 1 fully saturated rings. The van der Waals surface area contributed by atoms with E-state index in [0.717, 1.165) is 30.4 Å². The second kappa shape index (κ2) is 4.72. The number of fused-ring (bicyclic) bond motifs is 1. The zero-order chi connectivity index (χ0) is 14.4. The van der Waals surface area contributed by atoms with E-state index in [-0.39, 0.29) is 5.92 Å². The predicted octanol–water partition coefficient (Wildman–Crippen LogP) is 4.69. The first-order valence-corrected chi connectivity index (χ1v) is 7.05. The molecule has 0 aliphatic heterocycles. The van der Waals surface area contributed by atoms with Gasteiger partial charge in [0.1, 0.15) is 0 Å². The quantitative estimate of drug-likeness (QED) is 0.831. The highest BCUT2D eigenvalue weighted by Crippen LogP contribution is 2.53. The van der Waals surface area contributed by atoms with E-state index in [0.29, 0.717) is 17.4 Å². The number of halogens is 2. The number of phenols is 1. The minimum Gasteiger partial charge on any atom is -0.505 e. The van der Waals surface area contributed by atoms with Crippen molar-refractivity contribution < 1.29 is 13.9 Å². The number of allylic oxidation sites excluding steroid dienone is 3. The van der Waals surface area contributed by atoms with E-state index in [9.17, 15) is 13.9 Å². The Morgan fingerprint density at radius 1 is 1.25 bits per heavy atom.